The summed E-state index contributed by atoms with van der Waals surface area (Å²) in [7, 11) is -3.16. The van der Waals surface area contributed by atoms with E-state index in [2.05, 4.69) is 0 Å². The number of hydrogen-bond acceptors (Lipinski definition) is 2. The van der Waals surface area contributed by atoms with E-state index in [1.807, 2.05) is 81.4 Å². The molecule has 2 rings (SSSR count). The SMILES string of the molecule is CCCC(O)(C(C)C)P(=O)(c1ccccc1)c1ccccc1. The molecule has 22 heavy (non-hydrogen) atoms. The van der Waals surface area contributed by atoms with Gasteiger partial charge in [-0.3, -0.25) is 0 Å². The van der Waals surface area contributed by atoms with Gasteiger partial charge in [0, 0.05) is 10.6 Å². The predicted octanol–water partition coefficient (Wildman–Crippen LogP) is 4.15. The third kappa shape index (κ3) is 2.78. The Labute approximate surface area is 133 Å². The molecule has 0 bridgehead atoms. The third-order valence-corrected chi connectivity index (χ3v) is 8.21. The molecule has 0 saturated heterocycles. The van der Waals surface area contributed by atoms with E-state index in [0.717, 1.165) is 17.0 Å². The summed E-state index contributed by atoms with van der Waals surface area (Å²) in [6, 6.07) is 18.9. The molecular weight excluding hydrogens is 291 g/mol. The average Bonchev–Trinajstić information content (AvgIpc) is 2.55. The summed E-state index contributed by atoms with van der Waals surface area (Å²) in [6.07, 6.45) is 1.31. The second kappa shape index (κ2) is 6.81. The molecule has 0 aliphatic carbocycles. The van der Waals surface area contributed by atoms with Crippen LogP contribution in [-0.2, 0) is 4.57 Å². The van der Waals surface area contributed by atoms with Crippen LogP contribution in [0.2, 0.25) is 0 Å². The molecule has 0 fully saturated rings. The van der Waals surface area contributed by atoms with Gasteiger partial charge in [-0.1, -0.05) is 87.9 Å². The average molecular weight is 316 g/mol. The van der Waals surface area contributed by atoms with E-state index in [1.165, 1.54) is 0 Å². The first-order valence-corrected chi connectivity index (χ1v) is 9.61. The Morgan fingerprint density at radius 3 is 1.68 bits per heavy atom. The Bertz CT molecular complexity index is 593. The summed E-state index contributed by atoms with van der Waals surface area (Å²) in [5.41, 5.74) is 0. The molecule has 0 saturated carbocycles. The highest BCUT2D eigenvalue weighted by Crippen LogP contribution is 2.59. The third-order valence-electron chi connectivity index (χ3n) is 4.33. The van der Waals surface area contributed by atoms with Crippen molar-refractivity contribution >= 4 is 17.8 Å². The number of rotatable bonds is 6. The van der Waals surface area contributed by atoms with Gasteiger partial charge in [0.25, 0.3) is 0 Å². The maximum atomic E-state index is 14.2. The van der Waals surface area contributed by atoms with Crippen LogP contribution in [0.5, 0.6) is 0 Å². The fourth-order valence-corrected chi connectivity index (χ4v) is 6.69. The van der Waals surface area contributed by atoms with E-state index in [4.69, 9.17) is 0 Å². The van der Waals surface area contributed by atoms with E-state index in [0.29, 0.717) is 6.42 Å². The minimum Gasteiger partial charge on any atom is -0.381 e. The van der Waals surface area contributed by atoms with Gasteiger partial charge in [-0.25, -0.2) is 0 Å². The largest absolute Gasteiger partial charge is 0.381 e. The van der Waals surface area contributed by atoms with Gasteiger partial charge >= 0.3 is 0 Å². The van der Waals surface area contributed by atoms with Crippen molar-refractivity contribution in [3.63, 3.8) is 0 Å². The van der Waals surface area contributed by atoms with Crippen molar-refractivity contribution in [1.29, 1.82) is 0 Å². The molecule has 0 aliphatic heterocycles. The fraction of sp³-hybridized carbons (Fsp3) is 0.368. The van der Waals surface area contributed by atoms with Crippen molar-refractivity contribution in [1.82, 2.24) is 0 Å². The molecule has 2 nitrogen and oxygen atoms in total. The van der Waals surface area contributed by atoms with Gasteiger partial charge in [0.15, 0.2) is 7.14 Å². The smallest absolute Gasteiger partial charge is 0.173 e. The molecule has 1 unspecified atom stereocenters. The molecule has 1 N–H and O–H groups in total. The van der Waals surface area contributed by atoms with E-state index in [-0.39, 0.29) is 5.92 Å². The maximum absolute atomic E-state index is 14.2. The van der Waals surface area contributed by atoms with E-state index < -0.39 is 12.5 Å². The molecule has 0 radical (unpaired) electrons. The molecule has 1 atom stereocenters. The number of aliphatic hydroxyl groups is 1. The van der Waals surface area contributed by atoms with Gasteiger partial charge in [-0.2, -0.15) is 0 Å². The van der Waals surface area contributed by atoms with E-state index in [1.54, 1.807) is 0 Å². The minimum absolute atomic E-state index is 0.0984. The Kier molecular flexibility index (Phi) is 5.26. The first-order valence-electron chi connectivity index (χ1n) is 7.90. The topological polar surface area (TPSA) is 37.3 Å². The highest BCUT2D eigenvalue weighted by atomic mass is 31.2. The Balaban J connectivity index is 2.74. The summed E-state index contributed by atoms with van der Waals surface area (Å²) >= 11 is 0. The quantitative estimate of drug-likeness (QED) is 0.813. The second-order valence-electron chi connectivity index (χ2n) is 6.06. The summed E-state index contributed by atoms with van der Waals surface area (Å²) in [4.78, 5) is 0. The zero-order valence-corrected chi connectivity index (χ0v) is 14.5. The zero-order valence-electron chi connectivity index (χ0n) is 13.6. The number of benzene rings is 2. The molecule has 0 heterocycles. The Hall–Kier alpha value is -1.37. The minimum atomic E-state index is -3.16. The van der Waals surface area contributed by atoms with E-state index in [9.17, 15) is 9.67 Å². The van der Waals surface area contributed by atoms with Crippen LogP contribution < -0.4 is 10.6 Å². The van der Waals surface area contributed by atoms with Gasteiger partial charge < -0.3 is 9.67 Å². The molecule has 2 aromatic carbocycles. The van der Waals surface area contributed by atoms with Gasteiger partial charge in [0.2, 0.25) is 0 Å². The van der Waals surface area contributed by atoms with Crippen molar-refractivity contribution < 1.29 is 9.67 Å². The Morgan fingerprint density at radius 1 is 0.955 bits per heavy atom. The monoisotopic (exact) mass is 316 g/mol. The van der Waals surface area contributed by atoms with Gasteiger partial charge in [-0.15, -0.1) is 0 Å². The van der Waals surface area contributed by atoms with Crippen molar-refractivity contribution in [2.75, 3.05) is 0 Å². The second-order valence-corrected chi connectivity index (χ2v) is 9.09. The molecule has 0 spiro atoms. The first kappa shape index (κ1) is 17.0. The van der Waals surface area contributed by atoms with Crippen LogP contribution in [-0.4, -0.2) is 10.4 Å². The predicted molar refractivity (Wildman–Crippen MR) is 94.5 cm³/mol. The molecule has 0 amide bonds. The molecule has 118 valence electrons. The van der Waals surface area contributed by atoms with Crippen LogP contribution in [0.3, 0.4) is 0 Å². The van der Waals surface area contributed by atoms with E-state index >= 15 is 0 Å². The van der Waals surface area contributed by atoms with Crippen LogP contribution in [0.15, 0.2) is 60.7 Å². The fourth-order valence-electron chi connectivity index (χ4n) is 3.05. The lowest BCUT2D eigenvalue weighted by Crippen LogP contribution is -2.42. The highest BCUT2D eigenvalue weighted by Gasteiger charge is 2.50. The highest BCUT2D eigenvalue weighted by molar-refractivity contribution is 7.79. The number of hydrogen-bond donors (Lipinski definition) is 1. The molecular formula is C19H25O2P. The normalized spacial score (nSPS) is 14.8. The van der Waals surface area contributed by atoms with Crippen molar-refractivity contribution in [2.45, 2.75) is 39.0 Å². The van der Waals surface area contributed by atoms with Crippen LogP contribution in [0.4, 0.5) is 0 Å². The molecule has 3 heteroatoms. The summed E-state index contributed by atoms with van der Waals surface area (Å²) in [5, 5.41) is 11.7. The van der Waals surface area contributed by atoms with Crippen LogP contribution in [0.25, 0.3) is 0 Å². The summed E-state index contributed by atoms with van der Waals surface area (Å²) in [6.45, 7) is 5.93. The lowest BCUT2D eigenvalue weighted by Gasteiger charge is -2.40. The van der Waals surface area contributed by atoms with Gasteiger partial charge in [0.05, 0.1) is 0 Å². The molecule has 0 aliphatic rings. The first-order chi connectivity index (χ1) is 10.5. The van der Waals surface area contributed by atoms with Gasteiger partial charge in [0.1, 0.15) is 5.34 Å². The summed E-state index contributed by atoms with van der Waals surface area (Å²) in [5.74, 6) is -0.0984. The summed E-state index contributed by atoms with van der Waals surface area (Å²) < 4.78 is 14.2. The maximum Gasteiger partial charge on any atom is 0.173 e. The lowest BCUT2D eigenvalue weighted by atomic mass is 10.0. The molecule has 0 aromatic heterocycles. The standard InChI is InChI=1S/C19H25O2P/c1-4-15-19(20,16(2)3)22(21,17-11-7-5-8-12-17)18-13-9-6-10-14-18/h5-14,16,20H,4,15H2,1-3H3. The van der Waals surface area contributed by atoms with Crippen LogP contribution >= 0.6 is 7.14 Å². The molecule has 2 aromatic rings. The zero-order chi connectivity index (χ0) is 16.2. The van der Waals surface area contributed by atoms with Crippen molar-refractivity contribution in [2.24, 2.45) is 5.92 Å². The van der Waals surface area contributed by atoms with Crippen LogP contribution in [0.1, 0.15) is 33.6 Å². The van der Waals surface area contributed by atoms with Gasteiger partial charge in [-0.05, 0) is 12.3 Å². The van der Waals surface area contributed by atoms with Crippen molar-refractivity contribution in [3.05, 3.63) is 60.7 Å². The van der Waals surface area contributed by atoms with Crippen molar-refractivity contribution in [3.8, 4) is 0 Å². The Morgan fingerprint density at radius 2 is 1.36 bits per heavy atom. The lowest BCUT2D eigenvalue weighted by molar-refractivity contribution is 0.0673. The van der Waals surface area contributed by atoms with Crippen LogP contribution in [0, 0.1) is 5.92 Å².